The minimum atomic E-state index is 0.618. The molecule has 0 saturated carbocycles. The molecule has 114 valence electrons. The molecule has 2 rings (SSSR count). The van der Waals surface area contributed by atoms with E-state index in [0.717, 1.165) is 54.7 Å². The van der Waals surface area contributed by atoms with Crippen molar-refractivity contribution in [3.8, 4) is 5.75 Å². The molecular formula is C17H25N3O. The van der Waals surface area contributed by atoms with Crippen LogP contribution in [0.25, 0.3) is 10.9 Å². The summed E-state index contributed by atoms with van der Waals surface area (Å²) < 4.78 is 5.23. The van der Waals surface area contributed by atoms with Crippen LogP contribution in [0.4, 0.5) is 5.82 Å². The van der Waals surface area contributed by atoms with Crippen molar-refractivity contribution in [1.29, 1.82) is 0 Å². The number of aromatic nitrogens is 1. The SMILES string of the molecule is CCCN(CCC)Cc1cc2ccc(OC)cc2nc1N. The van der Waals surface area contributed by atoms with E-state index in [4.69, 9.17) is 10.5 Å². The molecule has 0 spiro atoms. The number of ether oxygens (including phenoxy) is 1. The second-order valence-corrected chi connectivity index (χ2v) is 5.37. The van der Waals surface area contributed by atoms with Gasteiger partial charge in [-0.1, -0.05) is 13.8 Å². The molecule has 2 aromatic rings. The van der Waals surface area contributed by atoms with Crippen LogP contribution in [0.2, 0.25) is 0 Å². The van der Waals surface area contributed by atoms with E-state index in [9.17, 15) is 0 Å². The van der Waals surface area contributed by atoms with Crippen LogP contribution in [0.5, 0.6) is 5.75 Å². The lowest BCUT2D eigenvalue weighted by Crippen LogP contribution is -2.25. The first-order valence-electron chi connectivity index (χ1n) is 7.63. The van der Waals surface area contributed by atoms with E-state index in [1.807, 2.05) is 18.2 Å². The number of hydrogen-bond acceptors (Lipinski definition) is 4. The smallest absolute Gasteiger partial charge is 0.128 e. The first-order chi connectivity index (χ1) is 10.2. The highest BCUT2D eigenvalue weighted by molar-refractivity contribution is 5.82. The number of nitrogen functional groups attached to an aromatic ring is 1. The van der Waals surface area contributed by atoms with Crippen molar-refractivity contribution in [3.05, 3.63) is 29.8 Å². The Morgan fingerprint density at radius 1 is 1.14 bits per heavy atom. The van der Waals surface area contributed by atoms with Gasteiger partial charge in [0.05, 0.1) is 12.6 Å². The number of rotatable bonds is 7. The third kappa shape index (κ3) is 3.85. The van der Waals surface area contributed by atoms with Crippen LogP contribution in [0.1, 0.15) is 32.3 Å². The topological polar surface area (TPSA) is 51.4 Å². The van der Waals surface area contributed by atoms with Crippen LogP contribution in [0, 0.1) is 0 Å². The summed E-state index contributed by atoms with van der Waals surface area (Å²) in [6.07, 6.45) is 2.30. The fourth-order valence-corrected chi connectivity index (χ4v) is 2.60. The highest BCUT2D eigenvalue weighted by atomic mass is 16.5. The molecule has 0 aliphatic rings. The number of fused-ring (bicyclic) bond motifs is 1. The van der Waals surface area contributed by atoms with E-state index in [2.05, 4.69) is 29.8 Å². The monoisotopic (exact) mass is 287 g/mol. The minimum Gasteiger partial charge on any atom is -0.497 e. The van der Waals surface area contributed by atoms with Gasteiger partial charge in [-0.15, -0.1) is 0 Å². The zero-order valence-corrected chi connectivity index (χ0v) is 13.2. The van der Waals surface area contributed by atoms with Gasteiger partial charge < -0.3 is 10.5 Å². The molecule has 4 nitrogen and oxygen atoms in total. The van der Waals surface area contributed by atoms with Crippen LogP contribution in [0.15, 0.2) is 24.3 Å². The summed E-state index contributed by atoms with van der Waals surface area (Å²) in [5.41, 5.74) is 8.13. The van der Waals surface area contributed by atoms with E-state index in [1.165, 1.54) is 0 Å². The van der Waals surface area contributed by atoms with Gasteiger partial charge in [0.1, 0.15) is 11.6 Å². The summed E-state index contributed by atoms with van der Waals surface area (Å²) in [5, 5.41) is 1.10. The Kier molecular flexibility index (Phi) is 5.39. The Labute approximate surface area is 126 Å². The first kappa shape index (κ1) is 15.6. The van der Waals surface area contributed by atoms with E-state index in [1.54, 1.807) is 7.11 Å². The van der Waals surface area contributed by atoms with Gasteiger partial charge in [0.25, 0.3) is 0 Å². The van der Waals surface area contributed by atoms with Crippen LogP contribution >= 0.6 is 0 Å². The summed E-state index contributed by atoms with van der Waals surface area (Å²) in [4.78, 5) is 6.96. The lowest BCUT2D eigenvalue weighted by Gasteiger charge is -2.21. The van der Waals surface area contributed by atoms with Gasteiger partial charge in [-0.3, -0.25) is 4.90 Å². The van der Waals surface area contributed by atoms with Crippen molar-refractivity contribution in [2.45, 2.75) is 33.2 Å². The van der Waals surface area contributed by atoms with Gasteiger partial charge in [0.2, 0.25) is 0 Å². The van der Waals surface area contributed by atoms with Gasteiger partial charge in [0, 0.05) is 23.6 Å². The Balaban J connectivity index is 2.29. The molecule has 0 unspecified atom stereocenters. The van der Waals surface area contributed by atoms with Gasteiger partial charge in [-0.2, -0.15) is 0 Å². The van der Waals surface area contributed by atoms with Crippen molar-refractivity contribution >= 4 is 16.7 Å². The molecule has 0 bridgehead atoms. The van der Waals surface area contributed by atoms with Crippen molar-refractivity contribution < 1.29 is 4.74 Å². The maximum absolute atomic E-state index is 6.14. The summed E-state index contributed by atoms with van der Waals surface area (Å²) in [5.74, 6) is 1.42. The maximum atomic E-state index is 6.14. The van der Waals surface area contributed by atoms with Crippen molar-refractivity contribution in [2.75, 3.05) is 25.9 Å². The van der Waals surface area contributed by atoms with Crippen LogP contribution in [-0.2, 0) is 6.54 Å². The molecule has 1 aromatic heterocycles. The van der Waals surface area contributed by atoms with Crippen molar-refractivity contribution in [1.82, 2.24) is 9.88 Å². The highest BCUT2D eigenvalue weighted by Crippen LogP contribution is 2.23. The molecule has 0 amide bonds. The Hall–Kier alpha value is -1.81. The molecule has 0 saturated heterocycles. The predicted molar refractivity (Wildman–Crippen MR) is 88.6 cm³/mol. The van der Waals surface area contributed by atoms with E-state index < -0.39 is 0 Å². The number of methoxy groups -OCH3 is 1. The largest absolute Gasteiger partial charge is 0.497 e. The number of hydrogen-bond donors (Lipinski definition) is 1. The molecule has 0 radical (unpaired) electrons. The molecule has 0 fully saturated rings. The third-order valence-electron chi connectivity index (χ3n) is 3.61. The molecular weight excluding hydrogens is 262 g/mol. The molecule has 1 aromatic carbocycles. The van der Waals surface area contributed by atoms with Gasteiger partial charge in [-0.25, -0.2) is 4.98 Å². The van der Waals surface area contributed by atoms with Gasteiger partial charge in [0.15, 0.2) is 0 Å². The third-order valence-corrected chi connectivity index (χ3v) is 3.61. The second kappa shape index (κ2) is 7.27. The van der Waals surface area contributed by atoms with Crippen LogP contribution < -0.4 is 10.5 Å². The maximum Gasteiger partial charge on any atom is 0.128 e. The number of anilines is 1. The Morgan fingerprint density at radius 3 is 2.48 bits per heavy atom. The van der Waals surface area contributed by atoms with E-state index in [-0.39, 0.29) is 0 Å². The average Bonchev–Trinajstić information content (AvgIpc) is 2.48. The van der Waals surface area contributed by atoms with Crippen molar-refractivity contribution in [2.24, 2.45) is 0 Å². The predicted octanol–water partition coefficient (Wildman–Crippen LogP) is 3.45. The number of benzene rings is 1. The molecule has 4 heteroatoms. The van der Waals surface area contributed by atoms with Crippen LogP contribution in [0.3, 0.4) is 0 Å². The molecule has 2 N–H and O–H groups in total. The fraction of sp³-hybridized carbons (Fsp3) is 0.471. The lowest BCUT2D eigenvalue weighted by molar-refractivity contribution is 0.267. The minimum absolute atomic E-state index is 0.618. The number of pyridine rings is 1. The van der Waals surface area contributed by atoms with Crippen LogP contribution in [-0.4, -0.2) is 30.1 Å². The average molecular weight is 287 g/mol. The second-order valence-electron chi connectivity index (χ2n) is 5.37. The summed E-state index contributed by atoms with van der Waals surface area (Å²) in [6.45, 7) is 7.46. The van der Waals surface area contributed by atoms with Crippen molar-refractivity contribution in [3.63, 3.8) is 0 Å². The normalized spacial score (nSPS) is 11.2. The van der Waals surface area contributed by atoms with E-state index >= 15 is 0 Å². The summed E-state index contributed by atoms with van der Waals surface area (Å²) >= 11 is 0. The number of nitrogens with zero attached hydrogens (tertiary/aromatic N) is 2. The molecule has 1 heterocycles. The molecule has 0 aliphatic carbocycles. The van der Waals surface area contributed by atoms with Gasteiger partial charge in [-0.05, 0) is 44.1 Å². The molecule has 0 atom stereocenters. The standard InChI is InChI=1S/C17H25N3O/c1-4-8-20(9-5-2)12-14-10-13-6-7-15(21-3)11-16(13)19-17(14)18/h6-7,10-11H,4-5,8-9,12H2,1-3H3,(H2,18,19). The zero-order chi connectivity index (χ0) is 15.2. The van der Waals surface area contributed by atoms with E-state index in [0.29, 0.717) is 5.82 Å². The molecule has 21 heavy (non-hydrogen) atoms. The Bertz CT molecular complexity index is 592. The summed E-state index contributed by atoms with van der Waals surface area (Å²) in [7, 11) is 1.66. The summed E-state index contributed by atoms with van der Waals surface area (Å²) in [6, 6.07) is 8.06. The zero-order valence-electron chi connectivity index (χ0n) is 13.2. The lowest BCUT2D eigenvalue weighted by atomic mass is 10.1. The highest BCUT2D eigenvalue weighted by Gasteiger charge is 2.09. The number of nitrogens with two attached hydrogens (primary N) is 1. The van der Waals surface area contributed by atoms with Gasteiger partial charge >= 0.3 is 0 Å². The fourth-order valence-electron chi connectivity index (χ4n) is 2.60. The quantitative estimate of drug-likeness (QED) is 0.847. The first-order valence-corrected chi connectivity index (χ1v) is 7.63. The Morgan fingerprint density at radius 2 is 1.86 bits per heavy atom. The molecule has 0 aliphatic heterocycles.